The van der Waals surface area contributed by atoms with Gasteiger partial charge in [0.2, 0.25) is 0 Å². The fourth-order valence-corrected chi connectivity index (χ4v) is 2.54. The normalized spacial score (nSPS) is 14.5. The van der Waals surface area contributed by atoms with Crippen LogP contribution in [0.5, 0.6) is 5.75 Å². The molecule has 0 bridgehead atoms. The highest BCUT2D eigenvalue weighted by Crippen LogP contribution is 2.27. The molecule has 2 aromatic carbocycles. The zero-order valence-corrected chi connectivity index (χ0v) is 13.3. The van der Waals surface area contributed by atoms with Crippen molar-refractivity contribution in [2.24, 2.45) is 0 Å². The predicted molar refractivity (Wildman–Crippen MR) is 92.3 cm³/mol. The van der Waals surface area contributed by atoms with Gasteiger partial charge in [0.1, 0.15) is 5.75 Å². The first-order valence-corrected chi connectivity index (χ1v) is 7.64. The van der Waals surface area contributed by atoms with Gasteiger partial charge in [-0.1, -0.05) is 55.1 Å². The Balaban J connectivity index is 1.90. The number of esters is 1. The molecule has 0 aliphatic carbocycles. The van der Waals surface area contributed by atoms with Crippen molar-refractivity contribution in [3.63, 3.8) is 0 Å². The third-order valence-electron chi connectivity index (χ3n) is 3.77. The molecule has 3 rings (SSSR count). The number of ether oxygens (including phenoxy) is 1. The summed E-state index contributed by atoms with van der Waals surface area (Å²) >= 11 is 0. The highest BCUT2D eigenvalue weighted by atomic mass is 16.5. The van der Waals surface area contributed by atoms with Crippen molar-refractivity contribution in [1.29, 1.82) is 0 Å². The van der Waals surface area contributed by atoms with Gasteiger partial charge in [0.25, 0.3) is 11.8 Å². The van der Waals surface area contributed by atoms with E-state index in [1.165, 1.54) is 0 Å². The van der Waals surface area contributed by atoms with Crippen LogP contribution >= 0.6 is 0 Å². The SMILES string of the molecule is C=Cc1ccc(OC(=O)C(c2ccccc2)N2C(=O)C=CC2=O)cc1. The quantitative estimate of drug-likeness (QED) is 0.479. The summed E-state index contributed by atoms with van der Waals surface area (Å²) in [6.45, 7) is 3.66. The Kier molecular flexibility index (Phi) is 4.57. The van der Waals surface area contributed by atoms with Crippen LogP contribution in [0.25, 0.3) is 6.08 Å². The lowest BCUT2D eigenvalue weighted by Crippen LogP contribution is -2.40. The van der Waals surface area contributed by atoms with Crippen molar-refractivity contribution in [1.82, 2.24) is 4.90 Å². The summed E-state index contributed by atoms with van der Waals surface area (Å²) in [7, 11) is 0. The lowest BCUT2D eigenvalue weighted by atomic mass is 10.1. The van der Waals surface area contributed by atoms with Crippen LogP contribution in [-0.4, -0.2) is 22.7 Å². The highest BCUT2D eigenvalue weighted by molar-refractivity contribution is 6.15. The molecule has 1 unspecified atom stereocenters. The van der Waals surface area contributed by atoms with E-state index in [1.54, 1.807) is 60.7 Å². The zero-order valence-electron chi connectivity index (χ0n) is 13.3. The number of hydrogen-bond donors (Lipinski definition) is 0. The van der Waals surface area contributed by atoms with Gasteiger partial charge < -0.3 is 4.74 Å². The molecule has 0 radical (unpaired) electrons. The van der Waals surface area contributed by atoms with Crippen molar-refractivity contribution < 1.29 is 19.1 Å². The maximum absolute atomic E-state index is 12.7. The van der Waals surface area contributed by atoms with Crippen molar-refractivity contribution in [2.45, 2.75) is 6.04 Å². The first-order valence-electron chi connectivity index (χ1n) is 7.64. The second kappa shape index (κ2) is 6.97. The van der Waals surface area contributed by atoms with Crippen molar-refractivity contribution in [2.75, 3.05) is 0 Å². The summed E-state index contributed by atoms with van der Waals surface area (Å²) in [6, 6.07) is 14.2. The Morgan fingerprint density at radius 3 is 2.12 bits per heavy atom. The van der Waals surface area contributed by atoms with Gasteiger partial charge in [0.05, 0.1) is 0 Å². The minimum absolute atomic E-state index is 0.323. The molecular formula is C20H15NO4. The van der Waals surface area contributed by atoms with Crippen LogP contribution in [0.15, 0.2) is 73.3 Å². The molecule has 1 aliphatic heterocycles. The molecule has 0 saturated carbocycles. The number of nitrogens with zero attached hydrogens (tertiary/aromatic N) is 1. The number of benzene rings is 2. The average molecular weight is 333 g/mol. The van der Waals surface area contributed by atoms with Crippen LogP contribution in [-0.2, 0) is 14.4 Å². The maximum atomic E-state index is 12.7. The Hall–Kier alpha value is -3.47. The molecule has 1 heterocycles. The summed E-state index contributed by atoms with van der Waals surface area (Å²) in [6.07, 6.45) is 3.96. The summed E-state index contributed by atoms with van der Waals surface area (Å²) in [5.74, 6) is -1.47. The predicted octanol–water partition coefficient (Wildman–Crippen LogP) is 2.90. The summed E-state index contributed by atoms with van der Waals surface area (Å²) in [5.41, 5.74) is 1.38. The van der Waals surface area contributed by atoms with E-state index in [1.807, 2.05) is 0 Å². The largest absolute Gasteiger partial charge is 0.425 e. The number of amides is 2. The van der Waals surface area contributed by atoms with E-state index < -0.39 is 23.8 Å². The van der Waals surface area contributed by atoms with Crippen LogP contribution < -0.4 is 4.74 Å². The monoisotopic (exact) mass is 333 g/mol. The molecule has 0 spiro atoms. The fourth-order valence-electron chi connectivity index (χ4n) is 2.54. The van der Waals surface area contributed by atoms with Crippen molar-refractivity contribution in [3.05, 3.63) is 84.5 Å². The van der Waals surface area contributed by atoms with E-state index in [4.69, 9.17) is 4.74 Å². The number of rotatable bonds is 5. The summed E-state index contributed by atoms with van der Waals surface area (Å²) < 4.78 is 5.39. The molecule has 124 valence electrons. The van der Waals surface area contributed by atoms with Gasteiger partial charge in [-0.25, -0.2) is 4.79 Å². The van der Waals surface area contributed by atoms with Crippen LogP contribution in [0.2, 0.25) is 0 Å². The topological polar surface area (TPSA) is 63.7 Å². The minimum atomic E-state index is -1.14. The lowest BCUT2D eigenvalue weighted by Gasteiger charge is -2.24. The van der Waals surface area contributed by atoms with Gasteiger partial charge in [-0.15, -0.1) is 0 Å². The molecule has 25 heavy (non-hydrogen) atoms. The average Bonchev–Trinajstić information content (AvgIpc) is 2.96. The van der Waals surface area contributed by atoms with Crippen LogP contribution in [0.4, 0.5) is 0 Å². The van der Waals surface area contributed by atoms with Crippen molar-refractivity contribution >= 4 is 23.9 Å². The highest BCUT2D eigenvalue weighted by Gasteiger charge is 2.38. The van der Waals surface area contributed by atoms with Crippen LogP contribution in [0.3, 0.4) is 0 Å². The Morgan fingerprint density at radius 2 is 1.56 bits per heavy atom. The Bertz CT molecular complexity index is 835. The molecule has 0 fully saturated rings. The molecule has 2 aromatic rings. The van der Waals surface area contributed by atoms with Crippen LogP contribution in [0.1, 0.15) is 17.2 Å². The van der Waals surface area contributed by atoms with Gasteiger partial charge in [0, 0.05) is 12.2 Å². The van der Waals surface area contributed by atoms with Gasteiger partial charge in [-0.05, 0) is 23.3 Å². The summed E-state index contributed by atoms with van der Waals surface area (Å²) in [5, 5.41) is 0. The second-order valence-corrected chi connectivity index (χ2v) is 5.39. The molecular weight excluding hydrogens is 318 g/mol. The van der Waals surface area contributed by atoms with Crippen LogP contribution in [0, 0.1) is 0 Å². The fraction of sp³-hybridized carbons (Fsp3) is 0.0500. The number of hydrogen-bond acceptors (Lipinski definition) is 4. The van der Waals surface area contributed by atoms with E-state index in [2.05, 4.69) is 6.58 Å². The van der Waals surface area contributed by atoms with E-state index in [-0.39, 0.29) is 0 Å². The molecule has 0 saturated heterocycles. The van der Waals surface area contributed by atoms with Gasteiger partial charge >= 0.3 is 5.97 Å². The van der Waals surface area contributed by atoms with E-state index >= 15 is 0 Å². The third-order valence-corrected chi connectivity index (χ3v) is 3.77. The first kappa shape index (κ1) is 16.4. The van der Waals surface area contributed by atoms with Gasteiger partial charge in [-0.2, -0.15) is 0 Å². The summed E-state index contributed by atoms with van der Waals surface area (Å²) in [4.78, 5) is 37.7. The van der Waals surface area contributed by atoms with Gasteiger partial charge in [-0.3, -0.25) is 14.5 Å². The maximum Gasteiger partial charge on any atom is 0.339 e. The zero-order chi connectivity index (χ0) is 17.8. The standard InChI is InChI=1S/C20H15NO4/c1-2-14-8-10-16(11-9-14)25-20(24)19(15-6-4-3-5-7-15)21-17(22)12-13-18(21)23/h2-13,19H,1H2. The second-order valence-electron chi connectivity index (χ2n) is 5.39. The third kappa shape index (κ3) is 3.40. The lowest BCUT2D eigenvalue weighted by molar-refractivity contribution is -0.152. The van der Waals surface area contributed by atoms with E-state index in [0.717, 1.165) is 22.6 Å². The number of imide groups is 1. The smallest absolute Gasteiger partial charge is 0.339 e. The number of carbonyl (C=O) groups excluding carboxylic acids is 3. The van der Waals surface area contributed by atoms with E-state index in [0.29, 0.717) is 11.3 Å². The molecule has 5 heteroatoms. The minimum Gasteiger partial charge on any atom is -0.425 e. The molecule has 0 aromatic heterocycles. The van der Waals surface area contributed by atoms with Gasteiger partial charge in [0.15, 0.2) is 6.04 Å². The molecule has 5 nitrogen and oxygen atoms in total. The molecule has 1 atom stereocenters. The Morgan fingerprint density at radius 1 is 0.960 bits per heavy atom. The molecule has 2 amide bonds. The first-order chi connectivity index (χ1) is 12.1. The molecule has 1 aliphatic rings. The van der Waals surface area contributed by atoms with Crippen molar-refractivity contribution in [3.8, 4) is 5.75 Å². The Labute approximate surface area is 144 Å². The van der Waals surface area contributed by atoms with E-state index in [9.17, 15) is 14.4 Å². The number of carbonyl (C=O) groups is 3. The molecule has 0 N–H and O–H groups in total.